The van der Waals surface area contributed by atoms with Gasteiger partial charge < -0.3 is 0 Å². The van der Waals surface area contributed by atoms with Crippen LogP contribution in [0.25, 0.3) is 0 Å². The number of nitrogens with zero attached hydrogens (tertiary/aromatic N) is 1. The molecule has 0 bridgehead atoms. The molecule has 0 aliphatic rings. The minimum absolute atomic E-state index is 0.896. The molecule has 0 amide bonds. The Morgan fingerprint density at radius 1 is 1.00 bits per heavy atom. The van der Waals surface area contributed by atoms with E-state index in [1.54, 1.807) is 0 Å². The largest absolute Gasteiger partial charge is 0.279 e. The molecule has 0 saturated heterocycles. The van der Waals surface area contributed by atoms with Gasteiger partial charge >= 0.3 is 0 Å². The first-order chi connectivity index (χ1) is 5.86. The highest BCUT2D eigenvalue weighted by Gasteiger charge is 2.00. The molecule has 3 heteroatoms. The summed E-state index contributed by atoms with van der Waals surface area (Å²) in [6.07, 6.45) is 0. The number of hydrogen-bond acceptors (Lipinski definition) is 1. The predicted octanol–water partition coefficient (Wildman–Crippen LogP) is 3.19. The van der Waals surface area contributed by atoms with E-state index in [1.807, 2.05) is 6.07 Å². The third-order valence-electron chi connectivity index (χ3n) is 1.59. The summed E-state index contributed by atoms with van der Waals surface area (Å²) in [6.45, 7) is 0.983. The molecule has 0 spiro atoms. The second-order valence-corrected chi connectivity index (χ2v) is 3.56. The third-order valence-corrected chi connectivity index (χ3v) is 3.01. The van der Waals surface area contributed by atoms with E-state index in [0.29, 0.717) is 0 Å². The lowest BCUT2D eigenvalue weighted by Crippen LogP contribution is -2.18. The van der Waals surface area contributed by atoms with Gasteiger partial charge in [0.25, 0.3) is 0 Å². The van der Waals surface area contributed by atoms with E-state index in [9.17, 15) is 0 Å². The van der Waals surface area contributed by atoms with Crippen molar-refractivity contribution >= 4 is 31.9 Å². The van der Waals surface area contributed by atoms with Crippen molar-refractivity contribution in [2.45, 2.75) is 6.54 Å². The molecular formula is C9H11Br2N. The fourth-order valence-electron chi connectivity index (χ4n) is 0.958. The van der Waals surface area contributed by atoms with Gasteiger partial charge in [-0.3, -0.25) is 4.90 Å². The molecule has 12 heavy (non-hydrogen) atoms. The number of rotatable bonds is 4. The lowest BCUT2D eigenvalue weighted by atomic mass is 10.2. The van der Waals surface area contributed by atoms with E-state index >= 15 is 0 Å². The molecule has 0 fully saturated rings. The molecule has 0 atom stereocenters. The van der Waals surface area contributed by atoms with Gasteiger partial charge in [0.2, 0.25) is 0 Å². The zero-order valence-electron chi connectivity index (χ0n) is 6.71. The van der Waals surface area contributed by atoms with Crippen molar-refractivity contribution in [2.75, 3.05) is 10.9 Å². The Kier molecular flexibility index (Phi) is 4.88. The van der Waals surface area contributed by atoms with E-state index in [4.69, 9.17) is 0 Å². The number of halogens is 2. The van der Waals surface area contributed by atoms with Crippen LogP contribution >= 0.6 is 31.9 Å². The van der Waals surface area contributed by atoms with Crippen LogP contribution in [0.15, 0.2) is 30.3 Å². The SMILES string of the molecule is BrCN(CBr)Cc1ccccc1. The van der Waals surface area contributed by atoms with Crippen LogP contribution < -0.4 is 0 Å². The van der Waals surface area contributed by atoms with E-state index in [-0.39, 0.29) is 0 Å². The van der Waals surface area contributed by atoms with E-state index in [0.717, 1.165) is 17.5 Å². The predicted molar refractivity (Wildman–Crippen MR) is 59.6 cm³/mol. The van der Waals surface area contributed by atoms with Crippen molar-refractivity contribution in [1.82, 2.24) is 4.90 Å². The van der Waals surface area contributed by atoms with Crippen LogP contribution in [0.5, 0.6) is 0 Å². The molecule has 1 aromatic carbocycles. The zero-order valence-corrected chi connectivity index (χ0v) is 9.88. The van der Waals surface area contributed by atoms with Crippen molar-refractivity contribution in [3.8, 4) is 0 Å². The Bertz CT molecular complexity index is 209. The first kappa shape index (κ1) is 10.2. The Morgan fingerprint density at radius 2 is 1.58 bits per heavy atom. The highest BCUT2D eigenvalue weighted by molar-refractivity contribution is 9.09. The van der Waals surface area contributed by atoms with Gasteiger partial charge in [-0.15, -0.1) is 0 Å². The second-order valence-electron chi connectivity index (χ2n) is 2.55. The molecule has 0 saturated carbocycles. The molecule has 0 aliphatic carbocycles. The molecule has 1 rings (SSSR count). The Labute approximate surface area is 90.0 Å². The Hall–Kier alpha value is 0.140. The van der Waals surface area contributed by atoms with Crippen molar-refractivity contribution in [2.24, 2.45) is 0 Å². The van der Waals surface area contributed by atoms with Gasteiger partial charge in [0.1, 0.15) is 0 Å². The first-order valence-corrected chi connectivity index (χ1v) is 5.99. The molecule has 0 radical (unpaired) electrons. The van der Waals surface area contributed by atoms with Crippen LogP contribution in [0, 0.1) is 0 Å². The van der Waals surface area contributed by atoms with Gasteiger partial charge in [-0.2, -0.15) is 0 Å². The second kappa shape index (κ2) is 5.73. The Morgan fingerprint density at radius 3 is 2.08 bits per heavy atom. The van der Waals surface area contributed by atoms with Crippen LogP contribution in [-0.4, -0.2) is 15.8 Å². The molecule has 1 nitrogen and oxygen atoms in total. The van der Waals surface area contributed by atoms with Gasteiger partial charge in [0.15, 0.2) is 0 Å². The Balaban J connectivity index is 2.51. The summed E-state index contributed by atoms with van der Waals surface area (Å²) in [6, 6.07) is 10.4. The minimum Gasteiger partial charge on any atom is -0.279 e. The fourth-order valence-corrected chi connectivity index (χ4v) is 2.14. The van der Waals surface area contributed by atoms with Gasteiger partial charge in [0.05, 0.1) is 10.9 Å². The van der Waals surface area contributed by atoms with Gasteiger partial charge in [-0.1, -0.05) is 62.2 Å². The quantitative estimate of drug-likeness (QED) is 0.608. The lowest BCUT2D eigenvalue weighted by molar-refractivity contribution is 0.378. The summed E-state index contributed by atoms with van der Waals surface area (Å²) in [5.74, 6) is 0. The van der Waals surface area contributed by atoms with E-state index < -0.39 is 0 Å². The van der Waals surface area contributed by atoms with Crippen molar-refractivity contribution < 1.29 is 0 Å². The van der Waals surface area contributed by atoms with Crippen molar-refractivity contribution in [1.29, 1.82) is 0 Å². The topological polar surface area (TPSA) is 3.24 Å². The normalized spacial score (nSPS) is 10.6. The molecule has 0 aromatic heterocycles. The summed E-state index contributed by atoms with van der Waals surface area (Å²) >= 11 is 6.86. The van der Waals surface area contributed by atoms with Crippen molar-refractivity contribution in [3.05, 3.63) is 35.9 Å². The number of alkyl halides is 2. The van der Waals surface area contributed by atoms with Crippen molar-refractivity contribution in [3.63, 3.8) is 0 Å². The molecule has 66 valence electrons. The lowest BCUT2D eigenvalue weighted by Gasteiger charge is -2.15. The maximum absolute atomic E-state index is 3.43. The molecule has 0 aliphatic heterocycles. The van der Waals surface area contributed by atoms with Crippen LogP contribution in [0.1, 0.15) is 5.56 Å². The third kappa shape index (κ3) is 3.25. The van der Waals surface area contributed by atoms with Crippen LogP contribution in [0.4, 0.5) is 0 Å². The number of benzene rings is 1. The minimum atomic E-state index is 0.896. The summed E-state index contributed by atoms with van der Waals surface area (Å²) in [7, 11) is 0. The molecule has 0 heterocycles. The van der Waals surface area contributed by atoms with Gasteiger partial charge in [-0.25, -0.2) is 0 Å². The highest BCUT2D eigenvalue weighted by atomic mass is 79.9. The standard InChI is InChI=1S/C9H11Br2N/c10-7-12(8-11)6-9-4-2-1-3-5-9/h1-5H,6-8H2. The maximum atomic E-state index is 3.43. The monoisotopic (exact) mass is 291 g/mol. The summed E-state index contributed by atoms with van der Waals surface area (Å²) in [4.78, 5) is 2.25. The van der Waals surface area contributed by atoms with Crippen LogP contribution in [0.2, 0.25) is 0 Å². The zero-order chi connectivity index (χ0) is 8.81. The van der Waals surface area contributed by atoms with E-state index in [1.165, 1.54) is 5.56 Å². The average Bonchev–Trinajstić information content (AvgIpc) is 2.16. The highest BCUT2D eigenvalue weighted by Crippen LogP contribution is 2.06. The van der Waals surface area contributed by atoms with E-state index in [2.05, 4.69) is 61.0 Å². The maximum Gasteiger partial charge on any atom is 0.0554 e. The molecule has 0 N–H and O–H groups in total. The smallest absolute Gasteiger partial charge is 0.0554 e. The van der Waals surface area contributed by atoms with Gasteiger partial charge in [-0.05, 0) is 5.56 Å². The molecular weight excluding hydrogens is 282 g/mol. The first-order valence-electron chi connectivity index (χ1n) is 3.75. The molecule has 0 unspecified atom stereocenters. The number of hydrogen-bond donors (Lipinski definition) is 0. The average molecular weight is 293 g/mol. The van der Waals surface area contributed by atoms with Gasteiger partial charge in [0, 0.05) is 6.54 Å². The van der Waals surface area contributed by atoms with Crippen LogP contribution in [-0.2, 0) is 6.54 Å². The summed E-state index contributed by atoms with van der Waals surface area (Å²) < 4.78 is 0. The summed E-state index contributed by atoms with van der Waals surface area (Å²) in [5.41, 5.74) is 3.14. The summed E-state index contributed by atoms with van der Waals surface area (Å²) in [5, 5.41) is 0. The van der Waals surface area contributed by atoms with Crippen LogP contribution in [0.3, 0.4) is 0 Å². The fraction of sp³-hybridized carbons (Fsp3) is 0.333. The molecule has 1 aromatic rings.